The third-order valence-electron chi connectivity index (χ3n) is 3.78. The van der Waals surface area contributed by atoms with E-state index in [2.05, 4.69) is 29.6 Å². The number of para-hydroxylation sites is 2. The van der Waals surface area contributed by atoms with Crippen molar-refractivity contribution in [3.8, 4) is 5.75 Å². The van der Waals surface area contributed by atoms with Crippen LogP contribution in [0.25, 0.3) is 0 Å². The molecule has 106 valence electrons. The van der Waals surface area contributed by atoms with Crippen molar-refractivity contribution in [2.75, 3.05) is 18.5 Å². The molecule has 0 saturated heterocycles. The van der Waals surface area contributed by atoms with Crippen LogP contribution in [-0.4, -0.2) is 13.2 Å². The van der Waals surface area contributed by atoms with E-state index in [0.29, 0.717) is 0 Å². The molecule has 2 heteroatoms. The molecule has 2 rings (SSSR count). The number of anilines is 1. The Bertz CT molecular complexity index is 318. The summed E-state index contributed by atoms with van der Waals surface area (Å²) in [6.45, 7) is 1.90. The molecule has 1 aliphatic rings. The molecule has 0 saturated carbocycles. The predicted molar refractivity (Wildman–Crippen MR) is 82.0 cm³/mol. The fourth-order valence-electron chi connectivity index (χ4n) is 2.61. The summed E-state index contributed by atoms with van der Waals surface area (Å²) in [5.41, 5.74) is 1.15. The Morgan fingerprint density at radius 2 is 1.37 bits per heavy atom. The molecule has 1 heterocycles. The lowest BCUT2D eigenvalue weighted by atomic mass is 10.1. The normalized spacial score (nSPS) is 19.2. The average Bonchev–Trinajstić information content (AvgIpc) is 2.45. The van der Waals surface area contributed by atoms with Gasteiger partial charge in [-0.1, -0.05) is 57.1 Å². The summed E-state index contributed by atoms with van der Waals surface area (Å²) >= 11 is 0. The zero-order chi connectivity index (χ0) is 13.2. The van der Waals surface area contributed by atoms with Crippen molar-refractivity contribution in [3.63, 3.8) is 0 Å². The van der Waals surface area contributed by atoms with Crippen LogP contribution >= 0.6 is 0 Å². The van der Waals surface area contributed by atoms with Crippen molar-refractivity contribution in [3.05, 3.63) is 24.3 Å². The van der Waals surface area contributed by atoms with Crippen molar-refractivity contribution >= 4 is 5.69 Å². The van der Waals surface area contributed by atoms with Gasteiger partial charge in [-0.3, -0.25) is 0 Å². The van der Waals surface area contributed by atoms with Crippen LogP contribution in [0.5, 0.6) is 5.75 Å². The molecule has 0 spiro atoms. The SMILES string of the molecule is c1ccc2c(c1)NCCCCCCCCCCCO2. The topological polar surface area (TPSA) is 21.3 Å². The van der Waals surface area contributed by atoms with Gasteiger partial charge in [0, 0.05) is 6.54 Å². The zero-order valence-electron chi connectivity index (χ0n) is 12.0. The van der Waals surface area contributed by atoms with Crippen molar-refractivity contribution in [1.29, 1.82) is 0 Å². The van der Waals surface area contributed by atoms with Gasteiger partial charge in [0.05, 0.1) is 12.3 Å². The van der Waals surface area contributed by atoms with Crippen LogP contribution in [0, 0.1) is 0 Å². The number of rotatable bonds is 0. The molecular formula is C17H27NO. The molecule has 1 aliphatic heterocycles. The van der Waals surface area contributed by atoms with Gasteiger partial charge in [-0.05, 0) is 25.0 Å². The number of hydrogen-bond acceptors (Lipinski definition) is 2. The van der Waals surface area contributed by atoms with E-state index in [1.807, 2.05) is 0 Å². The molecule has 0 aliphatic carbocycles. The zero-order valence-corrected chi connectivity index (χ0v) is 12.0. The van der Waals surface area contributed by atoms with Crippen LogP contribution in [0.3, 0.4) is 0 Å². The lowest BCUT2D eigenvalue weighted by Crippen LogP contribution is -2.05. The van der Waals surface area contributed by atoms with Gasteiger partial charge < -0.3 is 10.1 Å². The van der Waals surface area contributed by atoms with Crippen molar-refractivity contribution in [2.45, 2.75) is 57.8 Å². The second-order valence-electron chi connectivity index (χ2n) is 5.45. The van der Waals surface area contributed by atoms with Gasteiger partial charge in [-0.25, -0.2) is 0 Å². The third kappa shape index (κ3) is 5.54. The van der Waals surface area contributed by atoms with Gasteiger partial charge in [-0.15, -0.1) is 0 Å². The Balaban J connectivity index is 1.87. The second kappa shape index (κ2) is 8.84. The summed E-state index contributed by atoms with van der Waals surface area (Å²) in [5, 5.41) is 3.51. The van der Waals surface area contributed by atoms with Crippen molar-refractivity contribution in [1.82, 2.24) is 0 Å². The summed E-state index contributed by atoms with van der Waals surface area (Å²) in [6, 6.07) is 8.31. The van der Waals surface area contributed by atoms with Gasteiger partial charge in [0.15, 0.2) is 0 Å². The molecular weight excluding hydrogens is 234 g/mol. The van der Waals surface area contributed by atoms with E-state index in [-0.39, 0.29) is 0 Å². The Labute approximate surface area is 117 Å². The minimum Gasteiger partial charge on any atom is -0.491 e. The Hall–Kier alpha value is -1.18. The Morgan fingerprint density at radius 1 is 0.737 bits per heavy atom. The largest absolute Gasteiger partial charge is 0.491 e. The third-order valence-corrected chi connectivity index (χ3v) is 3.78. The minimum atomic E-state index is 0.846. The van der Waals surface area contributed by atoms with E-state index >= 15 is 0 Å². The number of ether oxygens (including phenoxy) is 1. The van der Waals surface area contributed by atoms with Crippen LogP contribution < -0.4 is 10.1 Å². The minimum absolute atomic E-state index is 0.846. The van der Waals surface area contributed by atoms with Gasteiger partial charge >= 0.3 is 0 Å². The highest BCUT2D eigenvalue weighted by Gasteiger charge is 2.02. The summed E-state index contributed by atoms with van der Waals surface area (Å²) in [6.07, 6.45) is 12.0. The highest BCUT2D eigenvalue weighted by atomic mass is 16.5. The molecule has 0 unspecified atom stereocenters. The van der Waals surface area contributed by atoms with Gasteiger partial charge in [0.2, 0.25) is 0 Å². The maximum absolute atomic E-state index is 5.90. The van der Waals surface area contributed by atoms with E-state index in [4.69, 9.17) is 4.74 Å². The molecule has 0 radical (unpaired) electrons. The standard InChI is InChI=1S/C17H27NO/c1-2-4-6-10-14-18-16-12-8-9-13-17(16)19-15-11-7-5-3-1/h8-9,12-13,18H,1-7,10-11,14-15H2. The summed E-state index contributed by atoms with van der Waals surface area (Å²) < 4.78 is 5.90. The fraction of sp³-hybridized carbons (Fsp3) is 0.647. The first kappa shape index (κ1) is 14.2. The highest BCUT2D eigenvalue weighted by Crippen LogP contribution is 2.24. The second-order valence-corrected chi connectivity index (χ2v) is 5.45. The van der Waals surface area contributed by atoms with Crippen LogP contribution in [-0.2, 0) is 0 Å². The lowest BCUT2D eigenvalue weighted by Gasteiger charge is -2.13. The maximum Gasteiger partial charge on any atom is 0.142 e. The maximum atomic E-state index is 5.90. The molecule has 0 atom stereocenters. The van der Waals surface area contributed by atoms with E-state index in [1.54, 1.807) is 0 Å². The van der Waals surface area contributed by atoms with E-state index < -0.39 is 0 Å². The number of benzene rings is 1. The van der Waals surface area contributed by atoms with Crippen LogP contribution in [0.2, 0.25) is 0 Å². The molecule has 19 heavy (non-hydrogen) atoms. The molecule has 0 fully saturated rings. The first-order valence-electron chi connectivity index (χ1n) is 7.92. The van der Waals surface area contributed by atoms with E-state index in [1.165, 1.54) is 57.8 Å². The van der Waals surface area contributed by atoms with Crippen LogP contribution in [0.4, 0.5) is 5.69 Å². The van der Waals surface area contributed by atoms with Crippen LogP contribution in [0.15, 0.2) is 24.3 Å². The van der Waals surface area contributed by atoms with Gasteiger partial charge in [0.1, 0.15) is 5.75 Å². The first-order chi connectivity index (χ1) is 9.47. The monoisotopic (exact) mass is 261 g/mol. The summed E-state index contributed by atoms with van der Waals surface area (Å²) in [4.78, 5) is 0. The van der Waals surface area contributed by atoms with Crippen molar-refractivity contribution < 1.29 is 4.74 Å². The Kier molecular flexibility index (Phi) is 6.62. The Morgan fingerprint density at radius 3 is 2.16 bits per heavy atom. The molecule has 1 aromatic rings. The average molecular weight is 261 g/mol. The highest BCUT2D eigenvalue weighted by molar-refractivity contribution is 5.56. The lowest BCUT2D eigenvalue weighted by molar-refractivity contribution is 0.305. The molecule has 1 N–H and O–H groups in total. The van der Waals surface area contributed by atoms with E-state index in [0.717, 1.165) is 24.6 Å². The van der Waals surface area contributed by atoms with E-state index in [9.17, 15) is 0 Å². The summed E-state index contributed by atoms with van der Waals surface area (Å²) in [5.74, 6) is 1.01. The number of nitrogens with one attached hydrogen (secondary N) is 1. The number of hydrogen-bond donors (Lipinski definition) is 1. The fourth-order valence-corrected chi connectivity index (χ4v) is 2.61. The molecule has 0 bridgehead atoms. The van der Waals surface area contributed by atoms with Gasteiger partial charge in [-0.2, -0.15) is 0 Å². The van der Waals surface area contributed by atoms with Crippen LogP contribution in [0.1, 0.15) is 57.8 Å². The first-order valence-corrected chi connectivity index (χ1v) is 7.92. The van der Waals surface area contributed by atoms with Crippen molar-refractivity contribution in [2.24, 2.45) is 0 Å². The number of fused-ring (bicyclic) bond motifs is 1. The molecule has 2 nitrogen and oxygen atoms in total. The predicted octanol–water partition coefficient (Wildman–Crippen LogP) is 5.00. The van der Waals surface area contributed by atoms with Gasteiger partial charge in [0.25, 0.3) is 0 Å². The summed E-state index contributed by atoms with van der Waals surface area (Å²) in [7, 11) is 0. The quantitative estimate of drug-likeness (QED) is 0.709. The smallest absolute Gasteiger partial charge is 0.142 e. The molecule has 0 aromatic heterocycles. The molecule has 1 aromatic carbocycles. The molecule has 0 amide bonds.